The Bertz CT molecular complexity index is 1670. The summed E-state index contributed by atoms with van der Waals surface area (Å²) in [5.74, 6) is -1.72. The van der Waals surface area contributed by atoms with Crippen LogP contribution in [0.4, 0.5) is 14.5 Å². The number of hydrogen-bond donors (Lipinski definition) is 2. The number of carbonyl (C=O) groups is 1. The third-order valence-corrected chi connectivity index (χ3v) is 8.71. The molecule has 42 heavy (non-hydrogen) atoms. The number of ether oxygens (including phenoxy) is 1. The number of benzene rings is 3. The van der Waals surface area contributed by atoms with Crippen LogP contribution in [0.2, 0.25) is 0 Å². The number of sulfonamides is 1. The van der Waals surface area contributed by atoms with Crippen LogP contribution in [0.1, 0.15) is 44.7 Å². The molecule has 2 heterocycles. The second kappa shape index (κ2) is 12.1. The van der Waals surface area contributed by atoms with E-state index in [1.165, 1.54) is 36.4 Å². The molecule has 0 amide bonds. The van der Waals surface area contributed by atoms with E-state index in [9.17, 15) is 27.1 Å². The number of cyclic esters (lactones) is 1. The molecular formula is C32H32F2N2O5S. The van der Waals surface area contributed by atoms with Crippen molar-refractivity contribution in [2.75, 3.05) is 4.72 Å². The maximum absolute atomic E-state index is 14.3. The molecule has 0 unspecified atom stereocenters. The van der Waals surface area contributed by atoms with Gasteiger partial charge in [0.2, 0.25) is 0 Å². The van der Waals surface area contributed by atoms with Crippen molar-refractivity contribution >= 4 is 21.7 Å². The van der Waals surface area contributed by atoms with Crippen LogP contribution in [-0.2, 0) is 26.1 Å². The second-order valence-electron chi connectivity index (χ2n) is 10.7. The van der Waals surface area contributed by atoms with Gasteiger partial charge < -0.3 is 14.4 Å². The van der Waals surface area contributed by atoms with Crippen molar-refractivity contribution in [2.24, 2.45) is 0 Å². The molecular weight excluding hydrogens is 562 g/mol. The van der Waals surface area contributed by atoms with E-state index in [0.29, 0.717) is 40.2 Å². The minimum atomic E-state index is -4.22. The number of nitrogens with zero attached hydrogens (tertiary/aromatic N) is 1. The van der Waals surface area contributed by atoms with Crippen molar-refractivity contribution in [1.82, 2.24) is 4.57 Å². The van der Waals surface area contributed by atoms with Gasteiger partial charge in [0.15, 0.2) is 0 Å². The maximum atomic E-state index is 14.3. The highest BCUT2D eigenvalue weighted by Crippen LogP contribution is 2.45. The predicted octanol–water partition coefficient (Wildman–Crippen LogP) is 6.48. The van der Waals surface area contributed by atoms with Crippen LogP contribution in [0.5, 0.6) is 0 Å². The number of aliphatic hydroxyl groups excluding tert-OH is 1. The van der Waals surface area contributed by atoms with Crippen LogP contribution in [0.15, 0.2) is 83.8 Å². The van der Waals surface area contributed by atoms with E-state index < -0.39 is 39.8 Å². The number of nitrogens with one attached hydrogen (secondary N) is 1. The Morgan fingerprint density at radius 3 is 2.12 bits per heavy atom. The number of aliphatic hydroxyl groups is 1. The zero-order valence-electron chi connectivity index (χ0n) is 23.3. The van der Waals surface area contributed by atoms with E-state index in [1.807, 2.05) is 18.4 Å². The molecule has 4 aromatic rings. The fourth-order valence-corrected chi connectivity index (χ4v) is 7.16. The van der Waals surface area contributed by atoms with Crippen molar-refractivity contribution < 1.29 is 31.8 Å². The number of halogens is 2. The summed E-state index contributed by atoms with van der Waals surface area (Å²) in [4.78, 5) is 12.0. The van der Waals surface area contributed by atoms with Crippen molar-refractivity contribution in [2.45, 2.75) is 62.7 Å². The van der Waals surface area contributed by atoms with E-state index in [-0.39, 0.29) is 30.2 Å². The summed E-state index contributed by atoms with van der Waals surface area (Å²) in [6.07, 6.45) is -0.883. The minimum Gasteiger partial charge on any atom is -0.462 e. The largest absolute Gasteiger partial charge is 0.462 e. The van der Waals surface area contributed by atoms with E-state index in [0.717, 1.165) is 0 Å². The quantitative estimate of drug-likeness (QED) is 0.216. The molecule has 2 N–H and O–H groups in total. The summed E-state index contributed by atoms with van der Waals surface area (Å²) in [7, 11) is -4.22. The Kier molecular flexibility index (Phi) is 8.47. The number of carbonyl (C=O) groups excluding carboxylic acids is 1. The van der Waals surface area contributed by atoms with E-state index in [4.69, 9.17) is 4.74 Å². The van der Waals surface area contributed by atoms with Gasteiger partial charge in [-0.1, -0.05) is 44.2 Å². The lowest BCUT2D eigenvalue weighted by atomic mass is 10.00. The summed E-state index contributed by atoms with van der Waals surface area (Å²) >= 11 is 0. The Morgan fingerprint density at radius 1 is 0.952 bits per heavy atom. The molecule has 220 valence electrons. The topological polar surface area (TPSA) is 97.6 Å². The lowest BCUT2D eigenvalue weighted by Gasteiger charge is -2.27. The van der Waals surface area contributed by atoms with Gasteiger partial charge >= 0.3 is 5.97 Å². The van der Waals surface area contributed by atoms with Crippen molar-refractivity contribution in [3.8, 4) is 22.4 Å². The van der Waals surface area contributed by atoms with Crippen LogP contribution < -0.4 is 4.72 Å². The fraction of sp³-hybridized carbons (Fsp3) is 0.281. The summed E-state index contributed by atoms with van der Waals surface area (Å²) in [6.45, 7) is 3.99. The van der Waals surface area contributed by atoms with Gasteiger partial charge in [-0.15, -0.1) is 0 Å². The van der Waals surface area contributed by atoms with Crippen LogP contribution >= 0.6 is 0 Å². The van der Waals surface area contributed by atoms with Gasteiger partial charge in [-0.25, -0.2) is 17.2 Å². The van der Waals surface area contributed by atoms with E-state index >= 15 is 0 Å². The highest BCUT2D eigenvalue weighted by molar-refractivity contribution is 7.93. The zero-order chi connectivity index (χ0) is 30.0. The summed E-state index contributed by atoms with van der Waals surface area (Å²) in [5, 5.41) is 10.2. The zero-order valence-corrected chi connectivity index (χ0v) is 24.1. The molecule has 0 saturated carbocycles. The molecule has 0 spiro atoms. The lowest BCUT2D eigenvalue weighted by molar-refractivity contribution is -0.160. The number of aromatic nitrogens is 1. The third-order valence-electron chi connectivity index (χ3n) is 7.26. The van der Waals surface area contributed by atoms with Gasteiger partial charge in [-0.05, 0) is 65.6 Å². The first-order chi connectivity index (χ1) is 20.0. The maximum Gasteiger partial charge on any atom is 0.308 e. The Balaban J connectivity index is 1.77. The van der Waals surface area contributed by atoms with Gasteiger partial charge in [0.1, 0.15) is 22.6 Å². The number of para-hydroxylation sites is 1. The third kappa shape index (κ3) is 6.24. The van der Waals surface area contributed by atoms with Crippen molar-refractivity contribution in [1.29, 1.82) is 0 Å². The molecule has 1 fully saturated rings. The molecule has 7 nitrogen and oxygen atoms in total. The van der Waals surface area contributed by atoms with Gasteiger partial charge in [-0.3, -0.25) is 9.52 Å². The molecule has 1 aliphatic rings. The number of hydrogen-bond acceptors (Lipinski definition) is 5. The Hall–Kier alpha value is -4.02. The first-order valence-corrected chi connectivity index (χ1v) is 15.3. The first kappa shape index (κ1) is 29.5. The standard InChI is InChI=1S/C32H32F2N2O5S/c1-20(2)30-32(42(39,40)35-25-6-4-3-5-7-25)29(21-8-12-23(33)13-9-21)31(22-10-14-24(34)15-11-22)36(30)17-16-27-18-26(37)19-28(38)41-27/h3-15,20,26-27,35,37H,16-19H2,1-2H3/t26-,27-/m1/s1. The minimum absolute atomic E-state index is 0.0213. The molecule has 1 saturated heterocycles. The highest BCUT2D eigenvalue weighted by Gasteiger charge is 2.35. The van der Waals surface area contributed by atoms with Crippen LogP contribution in [-0.4, -0.2) is 36.3 Å². The molecule has 2 atom stereocenters. The monoisotopic (exact) mass is 594 g/mol. The first-order valence-electron chi connectivity index (χ1n) is 13.8. The molecule has 5 rings (SSSR count). The van der Waals surface area contributed by atoms with Gasteiger partial charge in [0.05, 0.1) is 18.2 Å². The van der Waals surface area contributed by atoms with Gasteiger partial charge in [0, 0.05) is 36.3 Å². The lowest BCUT2D eigenvalue weighted by Crippen LogP contribution is -2.33. The SMILES string of the molecule is CC(C)c1c(S(=O)(=O)Nc2ccccc2)c(-c2ccc(F)cc2)c(-c2ccc(F)cc2)n1CC[C@@H]1C[C@@H](O)CC(=O)O1. The molecule has 3 aromatic carbocycles. The summed E-state index contributed by atoms with van der Waals surface area (Å²) in [5.41, 5.74) is 2.72. The predicted molar refractivity (Wildman–Crippen MR) is 156 cm³/mol. The van der Waals surface area contributed by atoms with Crippen LogP contribution in [0, 0.1) is 11.6 Å². The molecule has 0 aliphatic carbocycles. The molecule has 10 heteroatoms. The smallest absolute Gasteiger partial charge is 0.308 e. The molecule has 1 aromatic heterocycles. The number of esters is 1. The van der Waals surface area contributed by atoms with Gasteiger partial charge in [-0.2, -0.15) is 0 Å². The number of rotatable bonds is 9. The fourth-order valence-electron chi connectivity index (χ4n) is 5.51. The summed E-state index contributed by atoms with van der Waals surface area (Å²) in [6, 6.07) is 19.8. The van der Waals surface area contributed by atoms with Crippen molar-refractivity contribution in [3.63, 3.8) is 0 Å². The molecule has 0 radical (unpaired) electrons. The summed E-state index contributed by atoms with van der Waals surface area (Å²) < 4.78 is 66.7. The van der Waals surface area contributed by atoms with E-state index in [1.54, 1.807) is 42.5 Å². The van der Waals surface area contributed by atoms with E-state index in [2.05, 4.69) is 4.72 Å². The Labute approximate surface area is 243 Å². The van der Waals surface area contributed by atoms with Crippen LogP contribution in [0.25, 0.3) is 22.4 Å². The average Bonchev–Trinajstić information content (AvgIpc) is 3.29. The van der Waals surface area contributed by atoms with Gasteiger partial charge in [0.25, 0.3) is 10.0 Å². The molecule has 1 aliphatic heterocycles. The Morgan fingerprint density at radius 2 is 1.55 bits per heavy atom. The normalized spacial score (nSPS) is 17.3. The van der Waals surface area contributed by atoms with Crippen LogP contribution in [0.3, 0.4) is 0 Å². The molecule has 0 bridgehead atoms. The number of anilines is 1. The van der Waals surface area contributed by atoms with Crippen molar-refractivity contribution in [3.05, 3.63) is 96.2 Å². The average molecular weight is 595 g/mol. The highest BCUT2D eigenvalue weighted by atomic mass is 32.2. The second-order valence-corrected chi connectivity index (χ2v) is 12.3.